The van der Waals surface area contributed by atoms with Gasteiger partial charge in [0, 0.05) is 17.0 Å². The molecule has 11 heteroatoms. The van der Waals surface area contributed by atoms with Gasteiger partial charge in [0.15, 0.2) is 0 Å². The molecule has 0 fully saturated rings. The first-order valence-corrected chi connectivity index (χ1v) is 11.5. The van der Waals surface area contributed by atoms with Crippen LogP contribution in [-0.4, -0.2) is 30.0 Å². The van der Waals surface area contributed by atoms with E-state index in [0.717, 1.165) is 10.4 Å². The summed E-state index contributed by atoms with van der Waals surface area (Å²) in [7, 11) is -4.10. The molecule has 1 aliphatic carbocycles. The van der Waals surface area contributed by atoms with Crippen LogP contribution >= 0.6 is 11.6 Å². The van der Waals surface area contributed by atoms with Gasteiger partial charge in [-0.2, -0.15) is 13.5 Å². The van der Waals surface area contributed by atoms with Crippen LogP contribution in [0.15, 0.2) is 69.7 Å². The molecular formula is C21H21ClN6O3S. The quantitative estimate of drug-likeness (QED) is 0.332. The number of fused-ring (bicyclic) bond motifs is 1. The SMILES string of the molecule is Cc1nn(OS(=O)(=O)c2ccccc2)c2c1C(=NN=C(N)N)CC(c1ccccc1Cl)C2. The minimum Gasteiger partial charge on any atom is -0.369 e. The number of benzene rings is 2. The molecule has 166 valence electrons. The molecule has 9 nitrogen and oxygen atoms in total. The van der Waals surface area contributed by atoms with Crippen molar-refractivity contribution in [1.29, 1.82) is 0 Å². The zero-order valence-electron chi connectivity index (χ0n) is 17.1. The van der Waals surface area contributed by atoms with E-state index in [9.17, 15) is 8.42 Å². The van der Waals surface area contributed by atoms with Crippen molar-refractivity contribution in [3.05, 3.63) is 82.1 Å². The lowest BCUT2D eigenvalue weighted by molar-refractivity contribution is 0.226. The number of rotatable bonds is 5. The van der Waals surface area contributed by atoms with Crippen LogP contribution in [-0.2, 0) is 16.5 Å². The van der Waals surface area contributed by atoms with E-state index in [2.05, 4.69) is 15.3 Å². The third-order valence-electron chi connectivity index (χ3n) is 5.12. The van der Waals surface area contributed by atoms with Gasteiger partial charge in [0.2, 0.25) is 5.96 Å². The Hall–Kier alpha value is -3.37. The second-order valence-corrected chi connectivity index (χ2v) is 9.26. The van der Waals surface area contributed by atoms with Crippen LogP contribution in [0.2, 0.25) is 5.02 Å². The first kappa shape index (κ1) is 21.8. The summed E-state index contributed by atoms with van der Waals surface area (Å²) in [4.78, 5) is 1.07. The predicted molar refractivity (Wildman–Crippen MR) is 122 cm³/mol. The second kappa shape index (κ2) is 8.64. The van der Waals surface area contributed by atoms with Crippen molar-refractivity contribution in [3.63, 3.8) is 0 Å². The van der Waals surface area contributed by atoms with Crippen molar-refractivity contribution in [3.8, 4) is 0 Å². The molecule has 2 aromatic carbocycles. The number of nitrogens with two attached hydrogens (primary N) is 2. The van der Waals surface area contributed by atoms with Crippen molar-refractivity contribution in [2.75, 3.05) is 0 Å². The summed E-state index contributed by atoms with van der Waals surface area (Å²) in [6, 6.07) is 15.3. The number of aryl methyl sites for hydroxylation is 1. The maximum Gasteiger partial charge on any atom is 0.358 e. The molecule has 1 atom stereocenters. The molecule has 0 aliphatic heterocycles. The molecule has 0 radical (unpaired) electrons. The molecule has 0 amide bonds. The minimum absolute atomic E-state index is 0.0229. The lowest BCUT2D eigenvalue weighted by atomic mass is 9.81. The largest absolute Gasteiger partial charge is 0.369 e. The van der Waals surface area contributed by atoms with Gasteiger partial charge in [0.25, 0.3) is 0 Å². The van der Waals surface area contributed by atoms with Gasteiger partial charge in [-0.3, -0.25) is 4.28 Å². The number of halogens is 1. The average molecular weight is 473 g/mol. The van der Waals surface area contributed by atoms with Crippen molar-refractivity contribution >= 4 is 33.4 Å². The summed E-state index contributed by atoms with van der Waals surface area (Å²) in [6.07, 6.45) is 0.927. The van der Waals surface area contributed by atoms with Gasteiger partial charge in [0.05, 0.1) is 17.1 Å². The normalized spacial score (nSPS) is 17.1. The topological polar surface area (TPSA) is 138 Å². The molecule has 32 heavy (non-hydrogen) atoms. The van der Waals surface area contributed by atoms with Gasteiger partial charge in [-0.25, -0.2) is 0 Å². The fourth-order valence-corrected chi connectivity index (χ4v) is 4.94. The van der Waals surface area contributed by atoms with E-state index in [-0.39, 0.29) is 16.8 Å². The summed E-state index contributed by atoms with van der Waals surface area (Å²) in [5.74, 6) is -0.297. The van der Waals surface area contributed by atoms with Crippen molar-refractivity contribution in [2.45, 2.75) is 30.6 Å². The highest BCUT2D eigenvalue weighted by atomic mass is 35.5. The number of guanidine groups is 1. The molecule has 3 aromatic rings. The van der Waals surface area contributed by atoms with Gasteiger partial charge in [-0.05, 0) is 43.0 Å². The van der Waals surface area contributed by atoms with Crippen molar-refractivity contribution in [1.82, 2.24) is 9.94 Å². The van der Waals surface area contributed by atoms with Crippen LogP contribution in [0.4, 0.5) is 0 Å². The summed E-state index contributed by atoms with van der Waals surface area (Å²) in [5.41, 5.74) is 14.1. The highest BCUT2D eigenvalue weighted by Gasteiger charge is 2.33. The summed E-state index contributed by atoms with van der Waals surface area (Å²) in [6.45, 7) is 1.74. The lowest BCUT2D eigenvalue weighted by Gasteiger charge is -2.25. The monoisotopic (exact) mass is 472 g/mol. The molecule has 0 bridgehead atoms. The highest BCUT2D eigenvalue weighted by molar-refractivity contribution is 7.87. The van der Waals surface area contributed by atoms with E-state index in [1.54, 1.807) is 31.2 Å². The van der Waals surface area contributed by atoms with Crippen LogP contribution in [0, 0.1) is 6.92 Å². The highest BCUT2D eigenvalue weighted by Crippen LogP contribution is 2.37. The third-order valence-corrected chi connectivity index (χ3v) is 6.65. The zero-order valence-corrected chi connectivity index (χ0v) is 18.7. The lowest BCUT2D eigenvalue weighted by Crippen LogP contribution is -2.27. The van der Waals surface area contributed by atoms with Crippen LogP contribution in [0.3, 0.4) is 0 Å². The van der Waals surface area contributed by atoms with Gasteiger partial charge in [-0.15, -0.1) is 10.2 Å². The average Bonchev–Trinajstić information content (AvgIpc) is 3.07. The molecule has 1 aliphatic rings. The molecule has 0 saturated heterocycles. The van der Waals surface area contributed by atoms with E-state index < -0.39 is 10.1 Å². The maximum atomic E-state index is 12.8. The van der Waals surface area contributed by atoms with Crippen LogP contribution < -0.4 is 15.8 Å². The second-order valence-electron chi connectivity index (χ2n) is 7.32. The standard InChI is InChI=1S/C21H21ClN6O3S/c1-13-20-18(25-26-21(23)24)11-14(16-9-5-6-10-17(16)22)12-19(20)28(27-13)31-32(29,30)15-7-3-2-4-8-15/h2-10,14H,11-12H2,1H3,(H4,23,24,26). The Labute approximate surface area is 190 Å². The molecule has 1 aromatic heterocycles. The van der Waals surface area contributed by atoms with Gasteiger partial charge >= 0.3 is 10.1 Å². The molecular weight excluding hydrogens is 452 g/mol. The number of nitrogens with zero attached hydrogens (tertiary/aromatic N) is 4. The molecule has 0 saturated carbocycles. The molecule has 4 rings (SSSR count). The number of hydrogen-bond acceptors (Lipinski definition) is 6. The Morgan fingerprint density at radius 1 is 1.12 bits per heavy atom. The Kier molecular flexibility index (Phi) is 5.90. The first-order valence-electron chi connectivity index (χ1n) is 9.75. The van der Waals surface area contributed by atoms with Crippen molar-refractivity contribution < 1.29 is 12.7 Å². The van der Waals surface area contributed by atoms with Crippen molar-refractivity contribution in [2.24, 2.45) is 21.7 Å². The smallest absolute Gasteiger partial charge is 0.358 e. The Balaban J connectivity index is 1.81. The third kappa shape index (κ3) is 4.32. The van der Waals surface area contributed by atoms with E-state index >= 15 is 0 Å². The molecule has 0 spiro atoms. The Bertz CT molecular complexity index is 1310. The molecule has 4 N–H and O–H groups in total. The minimum atomic E-state index is -4.10. The predicted octanol–water partition coefficient (Wildman–Crippen LogP) is 2.37. The van der Waals surface area contributed by atoms with Crippen LogP contribution in [0.1, 0.15) is 34.9 Å². The van der Waals surface area contributed by atoms with Crippen LogP contribution in [0.25, 0.3) is 0 Å². The zero-order chi connectivity index (χ0) is 22.9. The van der Waals surface area contributed by atoms with Gasteiger partial charge in [0.1, 0.15) is 4.90 Å². The molecule has 1 heterocycles. The van der Waals surface area contributed by atoms with Gasteiger partial charge < -0.3 is 11.5 Å². The number of hydrogen-bond donors (Lipinski definition) is 2. The van der Waals surface area contributed by atoms with Crippen LogP contribution in [0.5, 0.6) is 0 Å². The summed E-state index contributed by atoms with van der Waals surface area (Å²) in [5, 5.41) is 12.9. The number of aromatic nitrogens is 2. The molecule has 1 unspecified atom stereocenters. The fraction of sp³-hybridized carbons (Fsp3) is 0.190. The Morgan fingerprint density at radius 3 is 2.50 bits per heavy atom. The summed E-state index contributed by atoms with van der Waals surface area (Å²) < 4.78 is 31.0. The Morgan fingerprint density at radius 2 is 1.81 bits per heavy atom. The van der Waals surface area contributed by atoms with Gasteiger partial charge in [-0.1, -0.05) is 52.8 Å². The summed E-state index contributed by atoms with van der Waals surface area (Å²) >= 11 is 6.43. The van der Waals surface area contributed by atoms with E-state index in [1.807, 2.05) is 18.2 Å². The maximum absolute atomic E-state index is 12.8. The van der Waals surface area contributed by atoms with E-state index in [1.165, 1.54) is 12.1 Å². The van der Waals surface area contributed by atoms with E-state index in [0.29, 0.717) is 40.5 Å². The fourth-order valence-electron chi connectivity index (χ4n) is 3.77. The first-order chi connectivity index (χ1) is 15.3. The van der Waals surface area contributed by atoms with E-state index in [4.69, 9.17) is 27.4 Å².